The molecule has 0 amide bonds. The molecule has 0 aliphatic heterocycles. The van der Waals surface area contributed by atoms with Crippen LogP contribution in [0.2, 0.25) is 49.1 Å². The predicted octanol–water partition coefficient (Wildman–Crippen LogP) is 3.81. The first-order chi connectivity index (χ1) is 7.02. The maximum absolute atomic E-state index is 8.99. The van der Waals surface area contributed by atoms with Gasteiger partial charge in [0.25, 0.3) is 0 Å². The van der Waals surface area contributed by atoms with Crippen LogP contribution in [0.15, 0.2) is 0 Å². The van der Waals surface area contributed by atoms with Gasteiger partial charge in [0.1, 0.15) is 0 Å². The van der Waals surface area contributed by atoms with E-state index in [1.54, 1.807) is 0 Å². The summed E-state index contributed by atoms with van der Waals surface area (Å²) in [6.45, 7) is 17.7. The lowest BCUT2D eigenvalue weighted by atomic mass is 10.5. The minimum absolute atomic E-state index is 0.365. The van der Waals surface area contributed by atoms with Gasteiger partial charge in [-0.25, -0.2) is 0 Å². The normalized spacial score (nSPS) is 14.2. The lowest BCUT2D eigenvalue weighted by Gasteiger charge is -2.41. The zero-order valence-corrected chi connectivity index (χ0v) is 15.3. The van der Waals surface area contributed by atoms with E-state index in [0.717, 1.165) is 15.9 Å². The van der Waals surface area contributed by atoms with Crippen molar-refractivity contribution in [3.8, 4) is 0 Å². The van der Waals surface area contributed by atoms with Crippen LogP contribution in [0.4, 0.5) is 0 Å². The van der Waals surface area contributed by atoms with E-state index in [-0.39, 0.29) is 0 Å². The van der Waals surface area contributed by atoms with Crippen LogP contribution in [0.3, 0.4) is 0 Å². The Bertz CT molecular complexity index is 207. The Balaban J connectivity index is 4.39. The molecule has 4 heteroatoms. The summed E-state index contributed by atoms with van der Waals surface area (Å²) in [5.41, 5.74) is 1.47. The average Bonchev–Trinajstić information content (AvgIpc) is 2.10. The minimum atomic E-state index is -1.18. The van der Waals surface area contributed by atoms with E-state index in [4.69, 9.17) is 5.11 Å². The standard InChI is InChI=1S/C12H30OSi3/c1-12(2,14-11-15(3,4)5)16(6,7)10-8-9-13/h13H,8-11H2,1-7H3. The monoisotopic (exact) mass is 274 g/mol. The van der Waals surface area contributed by atoms with E-state index in [0.29, 0.717) is 11.3 Å². The summed E-state index contributed by atoms with van der Waals surface area (Å²) in [4.78, 5) is 0. The van der Waals surface area contributed by atoms with Crippen LogP contribution in [-0.2, 0) is 0 Å². The minimum Gasteiger partial charge on any atom is -0.396 e. The molecule has 0 saturated carbocycles. The highest BCUT2D eigenvalue weighted by atomic mass is 28.4. The second-order valence-electron chi connectivity index (χ2n) is 7.25. The molecule has 0 spiro atoms. The molecule has 0 rings (SSSR count). The molecule has 0 aromatic rings. The highest BCUT2D eigenvalue weighted by Crippen LogP contribution is 2.40. The van der Waals surface area contributed by atoms with Gasteiger partial charge in [0.2, 0.25) is 0 Å². The van der Waals surface area contributed by atoms with Gasteiger partial charge >= 0.3 is 0 Å². The van der Waals surface area contributed by atoms with Crippen LogP contribution in [-0.4, -0.2) is 37.4 Å². The van der Waals surface area contributed by atoms with Crippen molar-refractivity contribution in [1.29, 1.82) is 0 Å². The second-order valence-corrected chi connectivity index (χ2v) is 21.4. The molecule has 96 valence electrons. The number of aliphatic hydroxyl groups excluding tert-OH is 1. The van der Waals surface area contributed by atoms with Crippen molar-refractivity contribution in [3.05, 3.63) is 0 Å². The second kappa shape index (κ2) is 5.98. The number of aliphatic hydroxyl groups is 1. The van der Waals surface area contributed by atoms with Crippen LogP contribution in [0.1, 0.15) is 20.3 Å². The molecule has 2 radical (unpaired) electrons. The van der Waals surface area contributed by atoms with Gasteiger partial charge in [-0.15, -0.1) is 0 Å². The molecule has 1 N–H and O–H groups in total. The van der Waals surface area contributed by atoms with Crippen molar-refractivity contribution in [3.63, 3.8) is 0 Å². The zero-order valence-electron chi connectivity index (χ0n) is 12.3. The van der Waals surface area contributed by atoms with Crippen LogP contribution >= 0.6 is 0 Å². The van der Waals surface area contributed by atoms with Gasteiger partial charge in [-0.05, 0) is 11.1 Å². The molecule has 0 aliphatic rings. The highest BCUT2D eigenvalue weighted by molar-refractivity contribution is 6.92. The van der Waals surface area contributed by atoms with Crippen LogP contribution < -0.4 is 0 Å². The van der Waals surface area contributed by atoms with E-state index < -0.39 is 16.1 Å². The van der Waals surface area contributed by atoms with Gasteiger partial charge in [-0.2, -0.15) is 0 Å². The van der Waals surface area contributed by atoms with Gasteiger partial charge in [-0.3, -0.25) is 0 Å². The summed E-state index contributed by atoms with van der Waals surface area (Å²) in [6, 6.07) is 1.27. The molecule has 0 heterocycles. The summed E-state index contributed by atoms with van der Waals surface area (Å²) in [5.74, 6) is 0. The maximum Gasteiger partial charge on any atom is 0.0500 e. The number of hydrogen-bond acceptors (Lipinski definition) is 1. The Morgan fingerprint density at radius 1 is 1.06 bits per heavy atom. The molecule has 0 aromatic heterocycles. The van der Waals surface area contributed by atoms with E-state index in [2.05, 4.69) is 46.6 Å². The van der Waals surface area contributed by atoms with Crippen molar-refractivity contribution in [2.45, 2.75) is 69.4 Å². The van der Waals surface area contributed by atoms with Crippen LogP contribution in [0, 0.1) is 0 Å². The third kappa shape index (κ3) is 5.80. The summed E-state index contributed by atoms with van der Waals surface area (Å²) in [6.07, 6.45) is 1.00. The number of rotatable bonds is 7. The smallest absolute Gasteiger partial charge is 0.0500 e. The van der Waals surface area contributed by atoms with Gasteiger partial charge in [0.05, 0.1) is 8.07 Å². The van der Waals surface area contributed by atoms with Gasteiger partial charge < -0.3 is 5.11 Å². The van der Waals surface area contributed by atoms with Crippen molar-refractivity contribution in [2.75, 3.05) is 6.61 Å². The van der Waals surface area contributed by atoms with Gasteiger partial charge in [-0.1, -0.05) is 58.3 Å². The van der Waals surface area contributed by atoms with E-state index in [1.807, 2.05) is 0 Å². The summed E-state index contributed by atoms with van der Waals surface area (Å²) in [5, 5.41) is 8.99. The average molecular weight is 275 g/mol. The molecule has 0 aliphatic carbocycles. The Labute approximate surface area is 107 Å². The fraction of sp³-hybridized carbons (Fsp3) is 1.00. The Hall–Kier alpha value is 0.611. The topological polar surface area (TPSA) is 20.2 Å². The highest BCUT2D eigenvalue weighted by Gasteiger charge is 2.38. The lowest BCUT2D eigenvalue weighted by molar-refractivity contribution is 0.294. The van der Waals surface area contributed by atoms with Crippen molar-refractivity contribution in [2.24, 2.45) is 0 Å². The fourth-order valence-electron chi connectivity index (χ4n) is 1.56. The van der Waals surface area contributed by atoms with Gasteiger partial charge in [0.15, 0.2) is 0 Å². The number of hydrogen-bond donors (Lipinski definition) is 1. The van der Waals surface area contributed by atoms with Crippen molar-refractivity contribution in [1.82, 2.24) is 0 Å². The third-order valence-electron chi connectivity index (χ3n) is 3.71. The first kappa shape index (κ1) is 16.6. The van der Waals surface area contributed by atoms with E-state index >= 15 is 0 Å². The van der Waals surface area contributed by atoms with Crippen molar-refractivity contribution < 1.29 is 5.11 Å². The Morgan fingerprint density at radius 2 is 1.56 bits per heavy atom. The molecule has 0 unspecified atom stereocenters. The lowest BCUT2D eigenvalue weighted by Crippen LogP contribution is -2.44. The molecular formula is C12H30OSi3. The SMILES string of the molecule is CC(C)([Si]C[Si](C)(C)C)[Si](C)(C)CCCO. The van der Waals surface area contributed by atoms with E-state index in [9.17, 15) is 0 Å². The molecular weight excluding hydrogens is 244 g/mol. The zero-order chi connectivity index (χ0) is 13.0. The van der Waals surface area contributed by atoms with E-state index in [1.165, 1.54) is 11.7 Å². The Morgan fingerprint density at radius 3 is 1.94 bits per heavy atom. The fourth-order valence-corrected chi connectivity index (χ4v) is 10.2. The first-order valence-corrected chi connectivity index (χ1v) is 14.5. The Kier molecular flexibility index (Phi) is 6.21. The summed E-state index contributed by atoms with van der Waals surface area (Å²) in [7, 11) is -0.954. The molecule has 0 bridgehead atoms. The molecule has 0 fully saturated rings. The molecule has 0 aromatic carbocycles. The molecule has 0 atom stereocenters. The van der Waals surface area contributed by atoms with Crippen LogP contribution in [0.5, 0.6) is 0 Å². The summed E-state index contributed by atoms with van der Waals surface area (Å²) >= 11 is 0. The van der Waals surface area contributed by atoms with Gasteiger partial charge in [0, 0.05) is 24.2 Å². The predicted molar refractivity (Wildman–Crippen MR) is 81.9 cm³/mol. The molecule has 1 nitrogen and oxygen atoms in total. The quantitative estimate of drug-likeness (QED) is 0.700. The maximum atomic E-state index is 8.99. The third-order valence-corrected chi connectivity index (χ3v) is 17.1. The molecule has 16 heavy (non-hydrogen) atoms. The first-order valence-electron chi connectivity index (χ1n) is 6.38. The summed E-state index contributed by atoms with van der Waals surface area (Å²) < 4.78 is 0.544. The molecule has 0 saturated heterocycles. The van der Waals surface area contributed by atoms with Crippen LogP contribution in [0.25, 0.3) is 0 Å². The largest absolute Gasteiger partial charge is 0.396 e. The van der Waals surface area contributed by atoms with Crippen molar-refractivity contribution >= 4 is 25.7 Å².